The minimum absolute atomic E-state index is 0.589. The average Bonchev–Trinajstić information content (AvgIpc) is 2.42. The number of nitrogens with one attached hydrogen (secondary N) is 1. The molecule has 2 unspecified atom stereocenters. The molecule has 4 heteroatoms. The molecular weight excluding hydrogens is 248 g/mol. The van der Waals surface area contributed by atoms with E-state index in [9.17, 15) is 0 Å². The molecule has 20 heavy (non-hydrogen) atoms. The molecule has 0 spiro atoms. The fourth-order valence-electron chi connectivity index (χ4n) is 2.99. The van der Waals surface area contributed by atoms with E-state index in [-0.39, 0.29) is 0 Å². The first kappa shape index (κ1) is 15.4. The van der Waals surface area contributed by atoms with E-state index in [1.165, 1.54) is 12.8 Å². The lowest BCUT2D eigenvalue weighted by atomic mass is 9.97. The van der Waals surface area contributed by atoms with Gasteiger partial charge in [-0.2, -0.15) is 0 Å². The molecular formula is C16H28N4. The molecule has 2 atom stereocenters. The van der Waals surface area contributed by atoms with E-state index >= 15 is 0 Å². The molecule has 0 amide bonds. The second-order valence-electron chi connectivity index (χ2n) is 6.28. The standard InChI is InChI=1S/C16H28N4/c1-5-6-14-10-20(16(9-19-14)12(2)3)11-15-8-17-13(4)7-18-15/h7-8,12,14,16,19H,5-6,9-11H2,1-4H3. The van der Waals surface area contributed by atoms with Crippen LogP contribution in [0.25, 0.3) is 0 Å². The van der Waals surface area contributed by atoms with E-state index in [1.54, 1.807) is 0 Å². The van der Waals surface area contributed by atoms with Gasteiger partial charge in [-0.3, -0.25) is 14.9 Å². The maximum atomic E-state index is 4.51. The Bertz CT molecular complexity index is 401. The van der Waals surface area contributed by atoms with Crippen molar-refractivity contribution < 1.29 is 0 Å². The summed E-state index contributed by atoms with van der Waals surface area (Å²) in [6.45, 7) is 12.0. The quantitative estimate of drug-likeness (QED) is 0.896. The van der Waals surface area contributed by atoms with Crippen LogP contribution in [0.1, 0.15) is 45.0 Å². The Kier molecular flexibility index (Phi) is 5.49. The highest BCUT2D eigenvalue weighted by Crippen LogP contribution is 2.19. The zero-order valence-electron chi connectivity index (χ0n) is 13.3. The van der Waals surface area contributed by atoms with Gasteiger partial charge in [0.25, 0.3) is 0 Å². The van der Waals surface area contributed by atoms with Gasteiger partial charge in [0, 0.05) is 44.1 Å². The lowest BCUT2D eigenvalue weighted by molar-refractivity contribution is 0.0872. The summed E-state index contributed by atoms with van der Waals surface area (Å²) in [5, 5.41) is 3.70. The van der Waals surface area contributed by atoms with Crippen LogP contribution in [0.3, 0.4) is 0 Å². The third-order valence-electron chi connectivity index (χ3n) is 4.15. The Labute approximate surface area is 123 Å². The first-order valence-electron chi connectivity index (χ1n) is 7.85. The monoisotopic (exact) mass is 276 g/mol. The summed E-state index contributed by atoms with van der Waals surface area (Å²) in [6, 6.07) is 1.21. The Balaban J connectivity index is 2.04. The molecule has 1 aliphatic heterocycles. The number of rotatable bonds is 5. The van der Waals surface area contributed by atoms with Crippen LogP contribution >= 0.6 is 0 Å². The Hall–Kier alpha value is -1.00. The van der Waals surface area contributed by atoms with Gasteiger partial charge in [0.2, 0.25) is 0 Å². The Morgan fingerprint density at radius 1 is 1.35 bits per heavy atom. The molecule has 0 radical (unpaired) electrons. The summed E-state index contributed by atoms with van der Waals surface area (Å²) in [7, 11) is 0. The Morgan fingerprint density at radius 2 is 2.15 bits per heavy atom. The first-order chi connectivity index (χ1) is 9.60. The summed E-state index contributed by atoms with van der Waals surface area (Å²) < 4.78 is 0. The largest absolute Gasteiger partial charge is 0.311 e. The molecule has 1 aromatic rings. The fourth-order valence-corrected chi connectivity index (χ4v) is 2.99. The van der Waals surface area contributed by atoms with Crippen LogP contribution in [0.15, 0.2) is 12.4 Å². The van der Waals surface area contributed by atoms with E-state index in [0.717, 1.165) is 31.0 Å². The predicted octanol–water partition coefficient (Wildman–Crippen LogP) is 2.38. The Morgan fingerprint density at radius 3 is 2.75 bits per heavy atom. The maximum absolute atomic E-state index is 4.51. The van der Waals surface area contributed by atoms with Crippen molar-refractivity contribution in [3.05, 3.63) is 23.8 Å². The van der Waals surface area contributed by atoms with Crippen LogP contribution in [0.5, 0.6) is 0 Å². The molecule has 112 valence electrons. The van der Waals surface area contributed by atoms with Gasteiger partial charge in [-0.1, -0.05) is 27.2 Å². The van der Waals surface area contributed by atoms with Crippen LogP contribution in [0, 0.1) is 12.8 Å². The van der Waals surface area contributed by atoms with Crippen molar-refractivity contribution in [2.45, 2.75) is 59.2 Å². The van der Waals surface area contributed by atoms with E-state index in [4.69, 9.17) is 0 Å². The minimum Gasteiger partial charge on any atom is -0.311 e. The fraction of sp³-hybridized carbons (Fsp3) is 0.750. The summed E-state index contributed by atoms with van der Waals surface area (Å²) in [6.07, 6.45) is 6.28. The van der Waals surface area contributed by atoms with Crippen molar-refractivity contribution in [1.82, 2.24) is 20.2 Å². The molecule has 0 saturated carbocycles. The molecule has 1 aromatic heterocycles. The van der Waals surface area contributed by atoms with Crippen LogP contribution in [0.4, 0.5) is 0 Å². The van der Waals surface area contributed by atoms with Gasteiger partial charge in [-0.25, -0.2) is 0 Å². The predicted molar refractivity (Wildman–Crippen MR) is 82.5 cm³/mol. The maximum Gasteiger partial charge on any atom is 0.0727 e. The lowest BCUT2D eigenvalue weighted by Gasteiger charge is -2.42. The normalized spacial score (nSPS) is 24.2. The molecule has 2 rings (SSSR count). The molecule has 1 aliphatic rings. The third-order valence-corrected chi connectivity index (χ3v) is 4.15. The zero-order valence-corrected chi connectivity index (χ0v) is 13.3. The molecule has 4 nitrogen and oxygen atoms in total. The van der Waals surface area contributed by atoms with Crippen molar-refractivity contribution in [2.75, 3.05) is 13.1 Å². The smallest absolute Gasteiger partial charge is 0.0727 e. The molecule has 0 bridgehead atoms. The summed E-state index contributed by atoms with van der Waals surface area (Å²) in [5.41, 5.74) is 2.07. The van der Waals surface area contributed by atoms with Gasteiger partial charge in [0.05, 0.1) is 11.4 Å². The topological polar surface area (TPSA) is 41.1 Å². The molecule has 2 heterocycles. The molecule has 0 aliphatic carbocycles. The van der Waals surface area contributed by atoms with E-state index in [0.29, 0.717) is 18.0 Å². The number of piperazine rings is 1. The van der Waals surface area contributed by atoms with Gasteiger partial charge in [0.1, 0.15) is 0 Å². The average molecular weight is 276 g/mol. The number of aromatic nitrogens is 2. The van der Waals surface area contributed by atoms with Gasteiger partial charge in [0.15, 0.2) is 0 Å². The van der Waals surface area contributed by atoms with Crippen molar-refractivity contribution in [2.24, 2.45) is 5.92 Å². The SMILES string of the molecule is CCCC1CN(Cc2cnc(C)cn2)C(C(C)C)CN1. The van der Waals surface area contributed by atoms with Crippen LogP contribution in [0.2, 0.25) is 0 Å². The lowest BCUT2D eigenvalue weighted by Crippen LogP contribution is -2.57. The van der Waals surface area contributed by atoms with Gasteiger partial charge >= 0.3 is 0 Å². The van der Waals surface area contributed by atoms with E-state index in [1.807, 2.05) is 19.3 Å². The molecule has 1 fully saturated rings. The molecule has 1 N–H and O–H groups in total. The van der Waals surface area contributed by atoms with Crippen molar-refractivity contribution >= 4 is 0 Å². The van der Waals surface area contributed by atoms with Crippen LogP contribution in [-0.4, -0.2) is 40.0 Å². The second-order valence-corrected chi connectivity index (χ2v) is 6.28. The highest BCUT2D eigenvalue weighted by Gasteiger charge is 2.29. The van der Waals surface area contributed by atoms with Crippen molar-refractivity contribution in [3.63, 3.8) is 0 Å². The number of aryl methyl sites for hydroxylation is 1. The highest BCUT2D eigenvalue weighted by molar-refractivity contribution is 5.02. The number of hydrogen-bond donors (Lipinski definition) is 1. The van der Waals surface area contributed by atoms with Gasteiger partial charge < -0.3 is 5.32 Å². The highest BCUT2D eigenvalue weighted by atomic mass is 15.2. The number of hydrogen-bond acceptors (Lipinski definition) is 4. The third kappa shape index (κ3) is 4.00. The summed E-state index contributed by atoms with van der Waals surface area (Å²) >= 11 is 0. The van der Waals surface area contributed by atoms with Crippen LogP contribution < -0.4 is 5.32 Å². The molecule has 1 saturated heterocycles. The second kappa shape index (κ2) is 7.14. The van der Waals surface area contributed by atoms with Gasteiger partial charge in [-0.05, 0) is 19.3 Å². The minimum atomic E-state index is 0.589. The van der Waals surface area contributed by atoms with Crippen molar-refractivity contribution in [3.8, 4) is 0 Å². The summed E-state index contributed by atoms with van der Waals surface area (Å²) in [5.74, 6) is 0.656. The molecule has 0 aromatic carbocycles. The zero-order chi connectivity index (χ0) is 14.5. The van der Waals surface area contributed by atoms with Crippen molar-refractivity contribution in [1.29, 1.82) is 0 Å². The number of nitrogens with zero attached hydrogens (tertiary/aromatic N) is 3. The van der Waals surface area contributed by atoms with Gasteiger partial charge in [-0.15, -0.1) is 0 Å². The van der Waals surface area contributed by atoms with Crippen LogP contribution in [-0.2, 0) is 6.54 Å². The van der Waals surface area contributed by atoms with E-state index < -0.39 is 0 Å². The summed E-state index contributed by atoms with van der Waals surface area (Å²) in [4.78, 5) is 11.5. The first-order valence-corrected chi connectivity index (χ1v) is 7.85. The van der Waals surface area contributed by atoms with E-state index in [2.05, 4.69) is 41.0 Å².